The van der Waals surface area contributed by atoms with Gasteiger partial charge in [-0.1, -0.05) is 42.5 Å². The van der Waals surface area contributed by atoms with E-state index in [-0.39, 0.29) is 11.1 Å². The van der Waals surface area contributed by atoms with Gasteiger partial charge in [0.15, 0.2) is 0 Å². The number of Topliss-reactive ketones (excluding diaryl/α,β-unsaturated/α-hetero) is 1. The van der Waals surface area contributed by atoms with Gasteiger partial charge in [0, 0.05) is 5.56 Å². The predicted octanol–water partition coefficient (Wildman–Crippen LogP) is 4.78. The number of benzene rings is 3. The van der Waals surface area contributed by atoms with Crippen LogP contribution in [0.25, 0.3) is 16.8 Å². The van der Waals surface area contributed by atoms with Gasteiger partial charge >= 0.3 is 0 Å². The van der Waals surface area contributed by atoms with E-state index in [1.165, 1.54) is 31.4 Å². The third-order valence-electron chi connectivity index (χ3n) is 3.92. The van der Waals surface area contributed by atoms with Crippen LogP contribution in [0.4, 0.5) is 4.39 Å². The predicted molar refractivity (Wildman–Crippen MR) is 94.8 cm³/mol. The highest BCUT2D eigenvalue weighted by molar-refractivity contribution is 6.15. The Hall–Kier alpha value is -3.45. The van der Waals surface area contributed by atoms with Crippen LogP contribution in [0.3, 0.4) is 0 Å². The summed E-state index contributed by atoms with van der Waals surface area (Å²) in [5, 5.41) is 11.2. The number of ether oxygens (including phenoxy) is 1. The van der Waals surface area contributed by atoms with Gasteiger partial charge in [0.1, 0.15) is 23.2 Å². The van der Waals surface area contributed by atoms with Gasteiger partial charge in [0.2, 0.25) is 5.78 Å². The highest BCUT2D eigenvalue weighted by atomic mass is 19.1. The molecule has 3 nitrogen and oxygen atoms in total. The van der Waals surface area contributed by atoms with Crippen LogP contribution in [0.1, 0.15) is 15.9 Å². The van der Waals surface area contributed by atoms with E-state index in [1.54, 1.807) is 12.1 Å². The second kappa shape index (κ2) is 6.98. The summed E-state index contributed by atoms with van der Waals surface area (Å²) in [7, 11) is 1.52. The maximum atomic E-state index is 13.9. The van der Waals surface area contributed by atoms with Crippen molar-refractivity contribution in [3.8, 4) is 11.8 Å². The quantitative estimate of drug-likeness (QED) is 0.393. The maximum absolute atomic E-state index is 13.9. The molecule has 0 atom stereocenters. The fourth-order valence-corrected chi connectivity index (χ4v) is 2.69. The average molecular weight is 331 g/mol. The first-order valence-electron chi connectivity index (χ1n) is 7.62. The molecule has 0 N–H and O–H groups in total. The highest BCUT2D eigenvalue weighted by Crippen LogP contribution is 2.30. The average Bonchev–Trinajstić information content (AvgIpc) is 2.65. The van der Waals surface area contributed by atoms with Crippen molar-refractivity contribution in [3.05, 3.63) is 83.2 Å². The van der Waals surface area contributed by atoms with Gasteiger partial charge in [0.05, 0.1) is 12.7 Å². The number of ketones is 1. The summed E-state index contributed by atoms with van der Waals surface area (Å²) in [6, 6.07) is 18.7. The summed E-state index contributed by atoms with van der Waals surface area (Å²) in [4.78, 5) is 12.6. The number of hydrogen-bond donors (Lipinski definition) is 0. The normalized spacial score (nSPS) is 11.2. The molecule has 0 aliphatic carbocycles. The van der Waals surface area contributed by atoms with Crippen LogP contribution in [0, 0.1) is 17.1 Å². The molecule has 3 rings (SSSR count). The van der Waals surface area contributed by atoms with Crippen LogP contribution in [0.5, 0.6) is 5.75 Å². The molecular formula is C21H14FNO2. The van der Waals surface area contributed by atoms with Crippen molar-refractivity contribution in [2.45, 2.75) is 0 Å². The van der Waals surface area contributed by atoms with Crippen LogP contribution in [0.15, 0.2) is 66.2 Å². The second-order valence-corrected chi connectivity index (χ2v) is 5.38. The molecule has 0 unspecified atom stereocenters. The lowest BCUT2D eigenvalue weighted by molar-refractivity contribution is 0.103. The third-order valence-corrected chi connectivity index (χ3v) is 3.92. The van der Waals surface area contributed by atoms with Crippen LogP contribution >= 0.6 is 0 Å². The minimum Gasteiger partial charge on any atom is -0.496 e. The van der Waals surface area contributed by atoms with E-state index in [4.69, 9.17) is 4.74 Å². The van der Waals surface area contributed by atoms with Crippen molar-refractivity contribution >= 4 is 22.6 Å². The Kier molecular flexibility index (Phi) is 4.58. The number of nitrogens with zero attached hydrogens (tertiary/aromatic N) is 1. The van der Waals surface area contributed by atoms with Gasteiger partial charge < -0.3 is 4.74 Å². The summed E-state index contributed by atoms with van der Waals surface area (Å²) in [5.74, 6) is -0.776. The summed E-state index contributed by atoms with van der Waals surface area (Å²) in [5.41, 5.74) is 0.330. The lowest BCUT2D eigenvalue weighted by Crippen LogP contribution is -2.05. The zero-order valence-electron chi connectivity index (χ0n) is 13.5. The first-order chi connectivity index (χ1) is 12.2. The van der Waals surface area contributed by atoms with Crippen molar-refractivity contribution in [1.29, 1.82) is 5.26 Å². The molecule has 0 bridgehead atoms. The Morgan fingerprint density at radius 3 is 2.52 bits per heavy atom. The van der Waals surface area contributed by atoms with Crippen molar-refractivity contribution < 1.29 is 13.9 Å². The maximum Gasteiger partial charge on any atom is 0.206 e. The molecule has 0 saturated carbocycles. The number of allylic oxidation sites excluding steroid dienone is 1. The number of rotatable bonds is 4. The van der Waals surface area contributed by atoms with E-state index in [9.17, 15) is 14.4 Å². The fourth-order valence-electron chi connectivity index (χ4n) is 2.69. The van der Waals surface area contributed by atoms with E-state index in [0.29, 0.717) is 11.3 Å². The summed E-state index contributed by atoms with van der Waals surface area (Å²) < 4.78 is 19.3. The Balaban J connectivity index is 2.19. The monoisotopic (exact) mass is 331 g/mol. The highest BCUT2D eigenvalue weighted by Gasteiger charge is 2.17. The molecule has 0 aliphatic heterocycles. The van der Waals surface area contributed by atoms with E-state index in [0.717, 1.165) is 10.8 Å². The Bertz CT molecular complexity index is 1030. The largest absolute Gasteiger partial charge is 0.496 e. The number of carbonyl (C=O) groups is 1. The molecule has 4 heteroatoms. The first-order valence-corrected chi connectivity index (χ1v) is 7.62. The van der Waals surface area contributed by atoms with Gasteiger partial charge in [0.25, 0.3) is 0 Å². The van der Waals surface area contributed by atoms with E-state index < -0.39 is 11.6 Å². The molecule has 25 heavy (non-hydrogen) atoms. The first kappa shape index (κ1) is 16.4. The van der Waals surface area contributed by atoms with Gasteiger partial charge in [-0.3, -0.25) is 4.79 Å². The lowest BCUT2D eigenvalue weighted by Gasteiger charge is -2.09. The van der Waals surface area contributed by atoms with E-state index >= 15 is 0 Å². The third kappa shape index (κ3) is 3.13. The zero-order chi connectivity index (χ0) is 17.8. The van der Waals surface area contributed by atoms with Crippen LogP contribution in [0.2, 0.25) is 0 Å². The van der Waals surface area contributed by atoms with Crippen LogP contribution in [-0.2, 0) is 0 Å². The van der Waals surface area contributed by atoms with E-state index in [2.05, 4.69) is 0 Å². The number of fused-ring (bicyclic) bond motifs is 1. The number of methoxy groups -OCH3 is 1. The number of halogens is 1. The minimum absolute atomic E-state index is 0.130. The molecule has 3 aromatic rings. The SMILES string of the molecule is COc1ccc2ccccc2c1/C=C(\C#N)C(=O)c1ccccc1F. The lowest BCUT2D eigenvalue weighted by atomic mass is 9.98. The van der Waals surface area contributed by atoms with Crippen LogP contribution in [-0.4, -0.2) is 12.9 Å². The Morgan fingerprint density at radius 2 is 1.80 bits per heavy atom. The van der Waals surface area contributed by atoms with Crippen molar-refractivity contribution in [1.82, 2.24) is 0 Å². The standard InChI is InChI=1S/C21H14FNO2/c1-25-20-11-10-14-6-2-3-7-16(14)18(20)12-15(13-23)21(24)17-8-4-5-9-19(17)22/h2-12H,1H3/b15-12+. The Morgan fingerprint density at radius 1 is 1.08 bits per heavy atom. The minimum atomic E-state index is -0.657. The van der Waals surface area contributed by atoms with Gasteiger partial charge in [-0.2, -0.15) is 5.26 Å². The molecule has 0 fully saturated rings. The summed E-state index contributed by atoms with van der Waals surface area (Å²) in [6.45, 7) is 0. The summed E-state index contributed by atoms with van der Waals surface area (Å²) in [6.07, 6.45) is 1.45. The van der Waals surface area contributed by atoms with Crippen LogP contribution < -0.4 is 4.74 Å². The molecule has 3 aromatic carbocycles. The second-order valence-electron chi connectivity index (χ2n) is 5.38. The number of hydrogen-bond acceptors (Lipinski definition) is 3. The summed E-state index contributed by atoms with van der Waals surface area (Å²) >= 11 is 0. The molecular weight excluding hydrogens is 317 g/mol. The van der Waals surface area contributed by atoms with Gasteiger partial charge in [-0.05, 0) is 35.0 Å². The number of nitriles is 1. The molecule has 0 saturated heterocycles. The van der Waals surface area contributed by atoms with Crippen molar-refractivity contribution in [2.75, 3.05) is 7.11 Å². The molecule has 0 heterocycles. The molecule has 0 aromatic heterocycles. The molecule has 0 spiro atoms. The fraction of sp³-hybridized carbons (Fsp3) is 0.0476. The Labute approximate surface area is 144 Å². The van der Waals surface area contributed by atoms with Gasteiger partial charge in [-0.15, -0.1) is 0 Å². The molecule has 0 amide bonds. The molecule has 122 valence electrons. The zero-order valence-corrected chi connectivity index (χ0v) is 13.5. The topological polar surface area (TPSA) is 50.1 Å². The molecule has 0 aliphatic rings. The smallest absolute Gasteiger partial charge is 0.206 e. The van der Waals surface area contributed by atoms with E-state index in [1.807, 2.05) is 36.4 Å². The molecule has 0 radical (unpaired) electrons. The van der Waals surface area contributed by atoms with Gasteiger partial charge in [-0.25, -0.2) is 4.39 Å². The number of carbonyl (C=O) groups excluding carboxylic acids is 1. The van der Waals surface area contributed by atoms with Crippen molar-refractivity contribution in [2.24, 2.45) is 0 Å². The van der Waals surface area contributed by atoms with Crippen molar-refractivity contribution in [3.63, 3.8) is 0 Å².